The molecule has 7 heteroatoms. The third-order valence-corrected chi connectivity index (χ3v) is 5.43. The van der Waals surface area contributed by atoms with Gasteiger partial charge in [0.15, 0.2) is 5.52 Å². The first-order valence-electron chi connectivity index (χ1n) is 9.79. The molecule has 0 bridgehead atoms. The molecule has 1 fully saturated rings. The van der Waals surface area contributed by atoms with E-state index in [1.54, 1.807) is 4.68 Å². The zero-order valence-electron chi connectivity index (χ0n) is 15.9. The van der Waals surface area contributed by atoms with Crippen molar-refractivity contribution in [2.24, 2.45) is 0 Å². The first kappa shape index (κ1) is 17.6. The predicted molar refractivity (Wildman–Crippen MR) is 112 cm³/mol. The molecule has 29 heavy (non-hydrogen) atoms. The lowest BCUT2D eigenvalue weighted by atomic mass is 10.1. The van der Waals surface area contributed by atoms with E-state index in [9.17, 15) is 9.59 Å². The van der Waals surface area contributed by atoms with Crippen molar-refractivity contribution >= 4 is 27.7 Å². The summed E-state index contributed by atoms with van der Waals surface area (Å²) in [6.07, 6.45) is 0.193. The number of aromatic nitrogens is 3. The van der Waals surface area contributed by atoms with Crippen molar-refractivity contribution in [3.8, 4) is 5.69 Å². The quantitative estimate of drug-likeness (QED) is 0.562. The number of fused-ring (bicyclic) bond motifs is 3. The lowest BCUT2D eigenvalue weighted by Crippen LogP contribution is -2.47. The van der Waals surface area contributed by atoms with E-state index in [1.165, 1.54) is 0 Å². The normalized spacial score (nSPS) is 14.6. The van der Waals surface area contributed by atoms with Crippen molar-refractivity contribution in [3.05, 3.63) is 70.6 Å². The minimum atomic E-state index is -0.246. The van der Waals surface area contributed by atoms with Gasteiger partial charge in [-0.25, -0.2) is 4.68 Å². The molecule has 5 rings (SSSR count). The maximum absolute atomic E-state index is 13.1. The fraction of sp³-hybridized carbons (Fsp3) is 0.227. The molecular formula is C22H21N5O2. The number of H-pyrrole nitrogens is 1. The molecule has 2 aromatic heterocycles. The van der Waals surface area contributed by atoms with E-state index >= 15 is 0 Å². The zero-order valence-corrected chi connectivity index (χ0v) is 15.9. The summed E-state index contributed by atoms with van der Waals surface area (Å²) in [7, 11) is 0. The fourth-order valence-corrected chi connectivity index (χ4v) is 4.00. The highest BCUT2D eigenvalue weighted by molar-refractivity contribution is 6.06. The van der Waals surface area contributed by atoms with Crippen LogP contribution in [0, 0.1) is 0 Å². The first-order chi connectivity index (χ1) is 14.2. The van der Waals surface area contributed by atoms with Crippen LogP contribution in [0.4, 0.5) is 0 Å². The van der Waals surface area contributed by atoms with Crippen LogP contribution in [0.15, 0.2) is 59.4 Å². The molecule has 0 atom stereocenters. The number of nitrogens with zero attached hydrogens (tertiary/aromatic N) is 3. The molecule has 1 saturated heterocycles. The number of hydrogen-bond donors (Lipinski definition) is 2. The van der Waals surface area contributed by atoms with Gasteiger partial charge in [-0.05, 0) is 18.2 Å². The molecule has 0 spiro atoms. The Labute approximate surface area is 166 Å². The SMILES string of the molecule is O=C(Cc1c2c(nn1-c1ccccc1)c(=O)[nH]c1ccccc12)N1CCNCC1. The van der Waals surface area contributed by atoms with Crippen LogP contribution in [-0.4, -0.2) is 51.8 Å². The Kier molecular flexibility index (Phi) is 4.37. The van der Waals surface area contributed by atoms with Gasteiger partial charge in [0, 0.05) is 42.5 Å². The summed E-state index contributed by atoms with van der Waals surface area (Å²) >= 11 is 0. The standard InChI is InChI=1S/C22H21N5O2/c28-19(26-12-10-23-11-13-26)14-18-20-16-8-4-5-9-17(16)24-22(29)21(20)25-27(18)15-6-2-1-3-7-15/h1-9,23H,10-14H2,(H,24,29). The van der Waals surface area contributed by atoms with Gasteiger partial charge in [0.25, 0.3) is 5.56 Å². The highest BCUT2D eigenvalue weighted by Crippen LogP contribution is 2.27. The van der Waals surface area contributed by atoms with E-state index in [1.807, 2.05) is 59.5 Å². The number of rotatable bonds is 3. The highest BCUT2D eigenvalue weighted by atomic mass is 16.2. The number of nitrogens with one attached hydrogen (secondary N) is 2. The number of para-hydroxylation sites is 2. The molecule has 0 unspecified atom stereocenters. The minimum Gasteiger partial charge on any atom is -0.340 e. The van der Waals surface area contributed by atoms with Crippen LogP contribution in [0.3, 0.4) is 0 Å². The Morgan fingerprint density at radius 1 is 1.00 bits per heavy atom. The van der Waals surface area contributed by atoms with Gasteiger partial charge in [0.2, 0.25) is 5.91 Å². The number of carbonyl (C=O) groups excluding carboxylic acids is 1. The largest absolute Gasteiger partial charge is 0.340 e. The Morgan fingerprint density at radius 2 is 1.72 bits per heavy atom. The summed E-state index contributed by atoms with van der Waals surface area (Å²) in [6, 6.07) is 17.3. The van der Waals surface area contributed by atoms with Crippen LogP contribution in [0.5, 0.6) is 0 Å². The average Bonchev–Trinajstić information content (AvgIpc) is 3.15. The molecule has 0 aliphatic carbocycles. The van der Waals surface area contributed by atoms with Crippen molar-refractivity contribution in [3.63, 3.8) is 0 Å². The van der Waals surface area contributed by atoms with Crippen LogP contribution < -0.4 is 10.9 Å². The van der Waals surface area contributed by atoms with Crippen molar-refractivity contribution < 1.29 is 4.79 Å². The molecule has 3 heterocycles. The summed E-state index contributed by atoms with van der Waals surface area (Å²) < 4.78 is 1.74. The second kappa shape index (κ2) is 7.18. The van der Waals surface area contributed by atoms with E-state index in [0.717, 1.165) is 40.8 Å². The lowest BCUT2D eigenvalue weighted by molar-refractivity contribution is -0.131. The highest BCUT2D eigenvalue weighted by Gasteiger charge is 2.23. The van der Waals surface area contributed by atoms with Crippen LogP contribution >= 0.6 is 0 Å². The van der Waals surface area contributed by atoms with Gasteiger partial charge in [-0.1, -0.05) is 36.4 Å². The van der Waals surface area contributed by atoms with Gasteiger partial charge in [-0.2, -0.15) is 5.10 Å². The zero-order chi connectivity index (χ0) is 19.8. The number of piperazine rings is 1. The van der Waals surface area contributed by atoms with E-state index in [0.29, 0.717) is 18.6 Å². The molecule has 146 valence electrons. The second-order valence-electron chi connectivity index (χ2n) is 7.22. The molecule has 4 aromatic rings. The van der Waals surface area contributed by atoms with Gasteiger partial charge in [-0.15, -0.1) is 0 Å². The molecule has 2 aromatic carbocycles. The van der Waals surface area contributed by atoms with E-state index in [2.05, 4.69) is 15.4 Å². The van der Waals surface area contributed by atoms with E-state index in [4.69, 9.17) is 0 Å². The van der Waals surface area contributed by atoms with Crippen molar-refractivity contribution in [1.29, 1.82) is 0 Å². The number of pyridine rings is 1. The molecular weight excluding hydrogens is 366 g/mol. The molecule has 0 radical (unpaired) electrons. The van der Waals surface area contributed by atoms with Crippen LogP contribution in [0.1, 0.15) is 5.69 Å². The van der Waals surface area contributed by atoms with Crippen molar-refractivity contribution in [2.75, 3.05) is 26.2 Å². The smallest absolute Gasteiger partial charge is 0.276 e. The lowest BCUT2D eigenvalue weighted by Gasteiger charge is -2.27. The molecule has 0 saturated carbocycles. The summed E-state index contributed by atoms with van der Waals surface area (Å²) in [5.74, 6) is 0.0508. The summed E-state index contributed by atoms with van der Waals surface area (Å²) in [6.45, 7) is 2.98. The van der Waals surface area contributed by atoms with Gasteiger partial charge < -0.3 is 15.2 Å². The van der Waals surface area contributed by atoms with Gasteiger partial charge in [0.1, 0.15) is 0 Å². The summed E-state index contributed by atoms with van der Waals surface area (Å²) in [5, 5.41) is 9.53. The summed E-state index contributed by atoms with van der Waals surface area (Å²) in [4.78, 5) is 30.6. The van der Waals surface area contributed by atoms with E-state index in [-0.39, 0.29) is 17.9 Å². The Morgan fingerprint density at radius 3 is 2.52 bits per heavy atom. The van der Waals surface area contributed by atoms with Crippen molar-refractivity contribution in [2.45, 2.75) is 6.42 Å². The fourth-order valence-electron chi connectivity index (χ4n) is 4.00. The van der Waals surface area contributed by atoms with Gasteiger partial charge >= 0.3 is 0 Å². The Bertz CT molecular complexity index is 1250. The average molecular weight is 387 g/mol. The molecule has 2 N–H and O–H groups in total. The molecule has 1 aliphatic heterocycles. The second-order valence-corrected chi connectivity index (χ2v) is 7.22. The van der Waals surface area contributed by atoms with Crippen LogP contribution in [0.2, 0.25) is 0 Å². The predicted octanol–water partition coefficient (Wildman–Crippen LogP) is 1.84. The number of amides is 1. The minimum absolute atomic E-state index is 0.0508. The molecule has 1 amide bonds. The third-order valence-electron chi connectivity index (χ3n) is 5.43. The van der Waals surface area contributed by atoms with Gasteiger partial charge in [0.05, 0.1) is 17.8 Å². The first-order valence-corrected chi connectivity index (χ1v) is 9.79. The maximum atomic E-state index is 13.1. The molecule has 7 nitrogen and oxygen atoms in total. The topological polar surface area (TPSA) is 83.0 Å². The number of carbonyl (C=O) groups is 1. The number of hydrogen-bond acceptors (Lipinski definition) is 4. The number of benzene rings is 2. The van der Waals surface area contributed by atoms with Crippen LogP contribution in [-0.2, 0) is 11.2 Å². The third kappa shape index (κ3) is 3.09. The van der Waals surface area contributed by atoms with Gasteiger partial charge in [-0.3, -0.25) is 9.59 Å². The molecule has 1 aliphatic rings. The maximum Gasteiger partial charge on any atom is 0.276 e. The monoisotopic (exact) mass is 387 g/mol. The van der Waals surface area contributed by atoms with Crippen LogP contribution in [0.25, 0.3) is 27.5 Å². The Hall–Kier alpha value is -3.45. The van der Waals surface area contributed by atoms with Crippen molar-refractivity contribution in [1.82, 2.24) is 25.0 Å². The van der Waals surface area contributed by atoms with E-state index < -0.39 is 0 Å². The Balaban J connectivity index is 1.74. The summed E-state index contributed by atoms with van der Waals surface area (Å²) in [5.41, 5.74) is 2.43. The number of aromatic amines is 1.